The number of ether oxygens (including phenoxy) is 1. The van der Waals surface area contributed by atoms with Crippen molar-refractivity contribution in [1.29, 1.82) is 0 Å². The van der Waals surface area contributed by atoms with Gasteiger partial charge in [-0.15, -0.1) is 11.8 Å². The van der Waals surface area contributed by atoms with E-state index in [1.807, 2.05) is 30.3 Å². The summed E-state index contributed by atoms with van der Waals surface area (Å²) in [7, 11) is 1.37. The SMILES string of the molecule is COC(=O)c1ccc(C(C/C=C/c2ccccc2)Sc2ccc(F)cc2)cc1. The fourth-order valence-electron chi connectivity index (χ4n) is 2.77. The number of hydrogen-bond acceptors (Lipinski definition) is 3. The first-order chi connectivity index (χ1) is 13.7. The molecule has 0 saturated heterocycles. The van der Waals surface area contributed by atoms with E-state index in [9.17, 15) is 9.18 Å². The molecule has 0 aromatic heterocycles. The molecule has 1 unspecified atom stereocenters. The first-order valence-electron chi connectivity index (χ1n) is 8.98. The highest BCUT2D eigenvalue weighted by Crippen LogP contribution is 2.38. The van der Waals surface area contributed by atoms with E-state index in [1.54, 1.807) is 36.0 Å². The third kappa shape index (κ3) is 5.57. The fourth-order valence-corrected chi connectivity index (χ4v) is 3.90. The van der Waals surface area contributed by atoms with E-state index < -0.39 is 0 Å². The van der Waals surface area contributed by atoms with E-state index >= 15 is 0 Å². The van der Waals surface area contributed by atoms with Crippen LogP contribution in [-0.4, -0.2) is 13.1 Å². The van der Waals surface area contributed by atoms with Crippen LogP contribution in [0.3, 0.4) is 0 Å². The van der Waals surface area contributed by atoms with Crippen LogP contribution in [0.4, 0.5) is 4.39 Å². The lowest BCUT2D eigenvalue weighted by Crippen LogP contribution is -2.01. The van der Waals surface area contributed by atoms with Crippen molar-refractivity contribution >= 4 is 23.8 Å². The van der Waals surface area contributed by atoms with Gasteiger partial charge in [-0.2, -0.15) is 0 Å². The van der Waals surface area contributed by atoms with Crippen molar-refractivity contribution < 1.29 is 13.9 Å². The summed E-state index contributed by atoms with van der Waals surface area (Å²) in [6.07, 6.45) is 5.04. The first-order valence-corrected chi connectivity index (χ1v) is 9.86. The zero-order valence-electron chi connectivity index (χ0n) is 15.5. The highest BCUT2D eigenvalue weighted by Gasteiger charge is 2.14. The molecule has 0 bridgehead atoms. The smallest absolute Gasteiger partial charge is 0.337 e. The number of rotatable bonds is 7. The number of benzene rings is 3. The van der Waals surface area contributed by atoms with Gasteiger partial charge in [0.25, 0.3) is 0 Å². The molecule has 3 aromatic rings. The second kappa shape index (κ2) is 9.90. The predicted octanol–water partition coefficient (Wildman–Crippen LogP) is 6.55. The van der Waals surface area contributed by atoms with Gasteiger partial charge < -0.3 is 4.74 Å². The molecule has 1 atom stereocenters. The second-order valence-electron chi connectivity index (χ2n) is 6.22. The summed E-state index contributed by atoms with van der Waals surface area (Å²) < 4.78 is 18.0. The van der Waals surface area contributed by atoms with Crippen molar-refractivity contribution in [1.82, 2.24) is 0 Å². The predicted molar refractivity (Wildman–Crippen MR) is 113 cm³/mol. The van der Waals surface area contributed by atoms with Crippen LogP contribution in [0, 0.1) is 5.82 Å². The van der Waals surface area contributed by atoms with Gasteiger partial charge in [-0.1, -0.05) is 54.6 Å². The van der Waals surface area contributed by atoms with Crippen molar-refractivity contribution in [2.45, 2.75) is 16.6 Å². The number of halogens is 1. The van der Waals surface area contributed by atoms with Crippen LogP contribution >= 0.6 is 11.8 Å². The van der Waals surface area contributed by atoms with Gasteiger partial charge in [-0.25, -0.2) is 9.18 Å². The van der Waals surface area contributed by atoms with Gasteiger partial charge in [0.2, 0.25) is 0 Å². The quantitative estimate of drug-likeness (QED) is 0.337. The van der Waals surface area contributed by atoms with Crippen molar-refractivity contribution in [3.63, 3.8) is 0 Å². The van der Waals surface area contributed by atoms with Crippen LogP contribution in [-0.2, 0) is 4.74 Å². The van der Waals surface area contributed by atoms with Crippen LogP contribution in [0.15, 0.2) is 89.8 Å². The summed E-state index contributed by atoms with van der Waals surface area (Å²) in [4.78, 5) is 12.7. The Labute approximate surface area is 169 Å². The number of methoxy groups -OCH3 is 1. The molecule has 0 heterocycles. The summed E-state index contributed by atoms with van der Waals surface area (Å²) >= 11 is 1.67. The van der Waals surface area contributed by atoms with E-state index in [1.165, 1.54) is 19.2 Å². The summed E-state index contributed by atoms with van der Waals surface area (Å²) in [6, 6.07) is 24.1. The Morgan fingerprint density at radius 1 is 1.00 bits per heavy atom. The molecule has 28 heavy (non-hydrogen) atoms. The van der Waals surface area contributed by atoms with Crippen molar-refractivity contribution in [3.8, 4) is 0 Å². The molecule has 2 nitrogen and oxygen atoms in total. The van der Waals surface area contributed by atoms with Crippen LogP contribution in [0.2, 0.25) is 0 Å². The lowest BCUT2D eigenvalue weighted by Gasteiger charge is -2.16. The molecule has 0 spiro atoms. The maximum Gasteiger partial charge on any atom is 0.337 e. The Morgan fingerprint density at radius 3 is 2.32 bits per heavy atom. The Bertz CT molecular complexity index is 919. The van der Waals surface area contributed by atoms with Gasteiger partial charge >= 0.3 is 5.97 Å². The third-order valence-corrected chi connectivity index (χ3v) is 5.55. The monoisotopic (exact) mass is 392 g/mol. The van der Waals surface area contributed by atoms with Gasteiger partial charge in [-0.05, 0) is 53.9 Å². The Kier molecular flexibility index (Phi) is 7.04. The molecule has 0 aliphatic heterocycles. The lowest BCUT2D eigenvalue weighted by atomic mass is 10.1. The normalized spacial score (nSPS) is 12.1. The molecule has 3 rings (SSSR count). The highest BCUT2D eigenvalue weighted by atomic mass is 32.2. The molecule has 0 fully saturated rings. The molecular formula is C24H21FO2S. The topological polar surface area (TPSA) is 26.3 Å². The van der Waals surface area contributed by atoms with Gasteiger partial charge in [0.05, 0.1) is 12.7 Å². The fraction of sp³-hybridized carbons (Fsp3) is 0.125. The summed E-state index contributed by atoms with van der Waals surface area (Å²) in [5.74, 6) is -0.592. The summed E-state index contributed by atoms with van der Waals surface area (Å²) in [6.45, 7) is 0. The molecule has 0 aliphatic rings. The number of thioether (sulfide) groups is 1. The van der Waals surface area contributed by atoms with Crippen LogP contribution in [0.5, 0.6) is 0 Å². The minimum atomic E-state index is -0.349. The molecule has 3 aromatic carbocycles. The Balaban J connectivity index is 1.79. The van der Waals surface area contributed by atoms with Gasteiger partial charge in [0.15, 0.2) is 0 Å². The Hall–Kier alpha value is -2.85. The van der Waals surface area contributed by atoms with E-state index in [2.05, 4.69) is 24.3 Å². The molecule has 0 aliphatic carbocycles. The zero-order valence-corrected chi connectivity index (χ0v) is 16.4. The number of esters is 1. The van der Waals surface area contributed by atoms with E-state index in [-0.39, 0.29) is 17.0 Å². The van der Waals surface area contributed by atoms with Crippen LogP contribution in [0.25, 0.3) is 6.08 Å². The summed E-state index contributed by atoms with van der Waals surface area (Å²) in [5, 5.41) is 0.136. The van der Waals surface area contributed by atoms with E-state index in [4.69, 9.17) is 4.74 Å². The number of allylic oxidation sites excluding steroid dienone is 1. The summed E-state index contributed by atoms with van der Waals surface area (Å²) in [5.41, 5.74) is 2.77. The third-order valence-electron chi connectivity index (χ3n) is 4.26. The Morgan fingerprint density at radius 2 is 1.68 bits per heavy atom. The molecule has 142 valence electrons. The van der Waals surface area contributed by atoms with Crippen molar-refractivity contribution in [2.24, 2.45) is 0 Å². The zero-order chi connectivity index (χ0) is 19.8. The first kappa shape index (κ1) is 19.9. The van der Waals surface area contributed by atoms with E-state index in [0.29, 0.717) is 5.56 Å². The number of hydrogen-bond donors (Lipinski definition) is 0. The minimum Gasteiger partial charge on any atom is -0.465 e. The highest BCUT2D eigenvalue weighted by molar-refractivity contribution is 7.99. The van der Waals surface area contributed by atoms with Crippen molar-refractivity contribution in [3.05, 3.63) is 107 Å². The van der Waals surface area contributed by atoms with Gasteiger partial charge in [0, 0.05) is 10.1 Å². The molecule has 0 radical (unpaired) electrons. The average Bonchev–Trinajstić information content (AvgIpc) is 2.75. The van der Waals surface area contributed by atoms with Crippen molar-refractivity contribution in [2.75, 3.05) is 7.11 Å². The van der Waals surface area contributed by atoms with Crippen LogP contribution < -0.4 is 0 Å². The number of carbonyl (C=O) groups is 1. The second-order valence-corrected chi connectivity index (χ2v) is 7.50. The van der Waals surface area contributed by atoms with E-state index in [0.717, 1.165) is 22.4 Å². The molecule has 0 saturated carbocycles. The molecule has 0 N–H and O–H groups in total. The van der Waals surface area contributed by atoms with Gasteiger partial charge in [-0.3, -0.25) is 0 Å². The minimum absolute atomic E-state index is 0.136. The average molecular weight is 392 g/mol. The molecule has 4 heteroatoms. The maximum atomic E-state index is 13.2. The van der Waals surface area contributed by atoms with Crippen LogP contribution in [0.1, 0.15) is 33.2 Å². The molecule has 0 amide bonds. The maximum absolute atomic E-state index is 13.2. The number of carbonyl (C=O) groups excluding carboxylic acids is 1. The largest absolute Gasteiger partial charge is 0.465 e. The van der Waals surface area contributed by atoms with Gasteiger partial charge in [0.1, 0.15) is 5.82 Å². The molecular weight excluding hydrogens is 371 g/mol. The standard InChI is InChI=1S/C24H21FO2S/c1-27-24(26)20-12-10-19(11-13-20)23(28-22-16-14-21(25)15-17-22)9-5-8-18-6-3-2-4-7-18/h2-8,10-17,23H,9H2,1H3/b8-5+. The lowest BCUT2D eigenvalue weighted by molar-refractivity contribution is 0.0600.